The quantitative estimate of drug-likeness (QED) is 0.483. The fraction of sp³-hybridized carbons (Fsp3) is 0.533. The van der Waals surface area contributed by atoms with E-state index in [0.29, 0.717) is 33.0 Å². The fourth-order valence-corrected chi connectivity index (χ4v) is 1.55. The van der Waals surface area contributed by atoms with Crippen molar-refractivity contribution in [3.05, 3.63) is 35.9 Å². The molecule has 0 aliphatic heterocycles. The Morgan fingerprint density at radius 3 is 2.19 bits per heavy atom. The Hall–Kier alpha value is -1.47. The largest absolute Gasteiger partial charge is 0.462 e. The predicted octanol–water partition coefficient (Wildman–Crippen LogP) is 0.909. The van der Waals surface area contributed by atoms with Crippen molar-refractivity contribution in [2.75, 3.05) is 46.8 Å². The first-order valence-corrected chi connectivity index (χ1v) is 6.87. The number of carbonyl (C=O) groups excluding carboxylic acids is 1. The molecular weight excluding hydrogens is 274 g/mol. The van der Waals surface area contributed by atoms with Gasteiger partial charge in [-0.05, 0) is 5.56 Å². The molecule has 0 bridgehead atoms. The molecule has 0 radical (unpaired) electrons. The zero-order valence-corrected chi connectivity index (χ0v) is 12.3. The number of hydrogen-bond acceptors (Lipinski definition) is 6. The van der Waals surface area contributed by atoms with Gasteiger partial charge in [-0.2, -0.15) is 0 Å². The predicted molar refractivity (Wildman–Crippen MR) is 77.8 cm³/mol. The highest BCUT2D eigenvalue weighted by molar-refractivity contribution is 5.77. The van der Waals surface area contributed by atoms with Gasteiger partial charge in [-0.15, -0.1) is 0 Å². The van der Waals surface area contributed by atoms with E-state index < -0.39 is 12.0 Å². The molecule has 1 aromatic rings. The van der Waals surface area contributed by atoms with E-state index in [2.05, 4.69) is 0 Å². The first kappa shape index (κ1) is 17.6. The summed E-state index contributed by atoms with van der Waals surface area (Å²) < 4.78 is 20.4. The van der Waals surface area contributed by atoms with Crippen LogP contribution in [0.5, 0.6) is 0 Å². The number of esters is 1. The van der Waals surface area contributed by atoms with Crippen LogP contribution in [0.15, 0.2) is 30.3 Å². The summed E-state index contributed by atoms with van der Waals surface area (Å²) in [6, 6.07) is 8.34. The summed E-state index contributed by atoms with van der Waals surface area (Å²) in [5, 5.41) is 0. The average Bonchev–Trinajstić information content (AvgIpc) is 2.53. The lowest BCUT2D eigenvalue weighted by molar-refractivity contribution is -0.147. The molecule has 118 valence electrons. The van der Waals surface area contributed by atoms with E-state index >= 15 is 0 Å². The molecule has 0 amide bonds. The molecule has 1 aromatic carbocycles. The smallest absolute Gasteiger partial charge is 0.327 e. The number of methoxy groups -OCH3 is 1. The fourth-order valence-electron chi connectivity index (χ4n) is 1.55. The topological polar surface area (TPSA) is 80.0 Å². The van der Waals surface area contributed by atoms with Crippen molar-refractivity contribution >= 4 is 5.97 Å². The summed E-state index contributed by atoms with van der Waals surface area (Å²) >= 11 is 0. The van der Waals surface area contributed by atoms with Crippen LogP contribution in [0.3, 0.4) is 0 Å². The summed E-state index contributed by atoms with van der Waals surface area (Å²) in [5.74, 6) is -0.457. The molecule has 1 rings (SSSR count). The van der Waals surface area contributed by atoms with Crippen molar-refractivity contribution in [1.29, 1.82) is 0 Å². The molecule has 0 unspecified atom stereocenters. The molecule has 21 heavy (non-hydrogen) atoms. The molecule has 0 saturated heterocycles. The minimum Gasteiger partial charge on any atom is -0.462 e. The van der Waals surface area contributed by atoms with Gasteiger partial charge in [-0.1, -0.05) is 30.3 Å². The first-order valence-electron chi connectivity index (χ1n) is 6.87. The van der Waals surface area contributed by atoms with Gasteiger partial charge >= 0.3 is 5.97 Å². The van der Waals surface area contributed by atoms with E-state index in [1.165, 1.54) is 0 Å². The minimum atomic E-state index is -0.761. The number of rotatable bonds is 11. The summed E-state index contributed by atoms with van der Waals surface area (Å²) in [7, 11) is 1.62. The highest BCUT2D eigenvalue weighted by Crippen LogP contribution is 2.10. The highest BCUT2D eigenvalue weighted by atomic mass is 16.6. The number of ether oxygens (including phenoxy) is 4. The van der Waals surface area contributed by atoms with Crippen LogP contribution in [0.2, 0.25) is 0 Å². The van der Waals surface area contributed by atoms with Crippen LogP contribution in [0.4, 0.5) is 0 Å². The number of nitrogens with two attached hydrogens (primary N) is 1. The van der Waals surface area contributed by atoms with Gasteiger partial charge in [0.25, 0.3) is 0 Å². The number of carbonyl (C=O) groups is 1. The molecule has 0 fully saturated rings. The molecule has 6 heteroatoms. The van der Waals surface area contributed by atoms with Crippen molar-refractivity contribution < 1.29 is 23.7 Å². The normalized spacial score (nSPS) is 12.1. The van der Waals surface area contributed by atoms with Crippen molar-refractivity contribution in [2.45, 2.75) is 6.04 Å². The second-order valence-corrected chi connectivity index (χ2v) is 4.27. The zero-order chi connectivity index (χ0) is 15.3. The van der Waals surface area contributed by atoms with Gasteiger partial charge in [0.1, 0.15) is 12.6 Å². The van der Waals surface area contributed by atoms with Crippen LogP contribution in [0.1, 0.15) is 11.6 Å². The van der Waals surface area contributed by atoms with Gasteiger partial charge in [0.05, 0.1) is 33.0 Å². The highest BCUT2D eigenvalue weighted by Gasteiger charge is 2.16. The Morgan fingerprint density at radius 2 is 1.57 bits per heavy atom. The van der Waals surface area contributed by atoms with Gasteiger partial charge in [-0.3, -0.25) is 0 Å². The third-order valence-electron chi connectivity index (χ3n) is 2.69. The van der Waals surface area contributed by atoms with Gasteiger partial charge in [0, 0.05) is 7.11 Å². The standard InChI is InChI=1S/C15H23NO5/c1-18-7-8-19-9-10-20-11-12-21-15(17)14(16)13-5-3-2-4-6-13/h2-6,14H,7-12,16H2,1H3/t14-/m0/s1. The van der Waals surface area contributed by atoms with Crippen molar-refractivity contribution in [2.24, 2.45) is 5.73 Å². The lowest BCUT2D eigenvalue weighted by atomic mass is 10.1. The van der Waals surface area contributed by atoms with Gasteiger partial charge < -0.3 is 24.7 Å². The summed E-state index contributed by atoms with van der Waals surface area (Å²) in [6.07, 6.45) is 0. The Morgan fingerprint density at radius 1 is 1.00 bits per heavy atom. The van der Waals surface area contributed by atoms with Gasteiger partial charge in [-0.25, -0.2) is 4.79 Å². The Labute approximate surface area is 125 Å². The Balaban J connectivity index is 2.03. The van der Waals surface area contributed by atoms with Crippen molar-refractivity contribution in [3.8, 4) is 0 Å². The Bertz CT molecular complexity index is 385. The molecule has 0 saturated carbocycles. The summed E-state index contributed by atoms with van der Waals surface area (Å²) in [5.41, 5.74) is 6.53. The second kappa shape index (κ2) is 11.2. The molecule has 0 aliphatic rings. The SMILES string of the molecule is COCCOCCOCCOC(=O)[C@@H](N)c1ccccc1. The maximum atomic E-state index is 11.7. The van der Waals surface area contributed by atoms with E-state index in [1.54, 1.807) is 19.2 Å². The zero-order valence-electron chi connectivity index (χ0n) is 12.3. The van der Waals surface area contributed by atoms with Crippen LogP contribution < -0.4 is 5.73 Å². The van der Waals surface area contributed by atoms with Crippen LogP contribution in [0, 0.1) is 0 Å². The van der Waals surface area contributed by atoms with Crippen molar-refractivity contribution in [1.82, 2.24) is 0 Å². The molecule has 6 nitrogen and oxygen atoms in total. The molecule has 0 aromatic heterocycles. The van der Waals surface area contributed by atoms with E-state index in [0.717, 1.165) is 5.56 Å². The lowest BCUT2D eigenvalue weighted by Crippen LogP contribution is -2.25. The molecule has 0 aliphatic carbocycles. The van der Waals surface area contributed by atoms with Crippen LogP contribution >= 0.6 is 0 Å². The summed E-state index contributed by atoms with van der Waals surface area (Å²) in [6.45, 7) is 2.54. The van der Waals surface area contributed by atoms with Gasteiger partial charge in [0.15, 0.2) is 0 Å². The van der Waals surface area contributed by atoms with Gasteiger partial charge in [0.2, 0.25) is 0 Å². The number of benzene rings is 1. The first-order chi connectivity index (χ1) is 10.3. The lowest BCUT2D eigenvalue weighted by Gasteiger charge is -2.12. The third-order valence-corrected chi connectivity index (χ3v) is 2.69. The summed E-state index contributed by atoms with van der Waals surface area (Å²) in [4.78, 5) is 11.7. The Kier molecular flexibility index (Phi) is 9.39. The van der Waals surface area contributed by atoms with Crippen molar-refractivity contribution in [3.63, 3.8) is 0 Å². The average molecular weight is 297 g/mol. The maximum Gasteiger partial charge on any atom is 0.327 e. The molecule has 0 spiro atoms. The molecule has 1 atom stereocenters. The van der Waals surface area contributed by atoms with E-state index in [1.807, 2.05) is 18.2 Å². The molecule has 0 heterocycles. The van der Waals surface area contributed by atoms with Crippen LogP contribution in [-0.2, 0) is 23.7 Å². The van der Waals surface area contributed by atoms with E-state index in [4.69, 9.17) is 24.7 Å². The second-order valence-electron chi connectivity index (χ2n) is 4.27. The van der Waals surface area contributed by atoms with Crippen LogP contribution in [-0.4, -0.2) is 52.7 Å². The van der Waals surface area contributed by atoms with Crippen LogP contribution in [0.25, 0.3) is 0 Å². The number of hydrogen-bond donors (Lipinski definition) is 1. The third kappa shape index (κ3) is 7.77. The van der Waals surface area contributed by atoms with E-state index in [9.17, 15) is 4.79 Å². The van der Waals surface area contributed by atoms with E-state index in [-0.39, 0.29) is 6.61 Å². The minimum absolute atomic E-state index is 0.178. The molecular formula is C15H23NO5. The molecule has 2 N–H and O–H groups in total. The monoisotopic (exact) mass is 297 g/mol. The maximum absolute atomic E-state index is 11.7.